The summed E-state index contributed by atoms with van der Waals surface area (Å²) in [6.45, 7) is 3.76. The Hall–Kier alpha value is -1.60. The molecule has 0 radical (unpaired) electrons. The number of halogens is 1. The van der Waals surface area contributed by atoms with Crippen LogP contribution in [-0.2, 0) is 0 Å². The van der Waals surface area contributed by atoms with Gasteiger partial charge >= 0.3 is 0 Å². The van der Waals surface area contributed by atoms with Crippen LogP contribution in [0.4, 0.5) is 10.1 Å². The Kier molecular flexibility index (Phi) is 4.39. The van der Waals surface area contributed by atoms with Gasteiger partial charge in [0, 0.05) is 19.1 Å². The van der Waals surface area contributed by atoms with E-state index in [2.05, 4.69) is 29.8 Å². The largest absolute Gasteiger partial charge is 0.364 e. The fraction of sp³-hybridized carbons (Fsp3) is 0.533. The Morgan fingerprint density at radius 1 is 1.42 bits per heavy atom. The summed E-state index contributed by atoms with van der Waals surface area (Å²) in [5.74, 6) is -0.206. The molecule has 0 aliphatic carbocycles. The monoisotopic (exact) mass is 261 g/mol. The number of benzene rings is 1. The molecule has 0 bridgehead atoms. The summed E-state index contributed by atoms with van der Waals surface area (Å²) in [7, 11) is 2.07. The van der Waals surface area contributed by atoms with E-state index in [1.54, 1.807) is 12.1 Å². The second kappa shape index (κ2) is 6.03. The van der Waals surface area contributed by atoms with E-state index >= 15 is 0 Å². The van der Waals surface area contributed by atoms with E-state index in [0.717, 1.165) is 19.5 Å². The molecule has 2 rings (SSSR count). The molecule has 1 saturated heterocycles. The number of para-hydroxylation sites is 1. The Morgan fingerprint density at radius 3 is 2.84 bits per heavy atom. The topological polar surface area (TPSA) is 30.3 Å². The van der Waals surface area contributed by atoms with Crippen molar-refractivity contribution in [2.75, 3.05) is 25.0 Å². The summed E-state index contributed by atoms with van der Waals surface area (Å²) in [6, 6.07) is 9.57. The van der Waals surface area contributed by atoms with Gasteiger partial charge in [0.15, 0.2) is 0 Å². The minimum atomic E-state index is -0.206. The van der Waals surface area contributed by atoms with E-state index in [-0.39, 0.29) is 11.9 Å². The lowest BCUT2D eigenvalue weighted by Gasteiger charge is -2.31. The van der Waals surface area contributed by atoms with Crippen molar-refractivity contribution >= 4 is 5.69 Å². The van der Waals surface area contributed by atoms with Gasteiger partial charge in [-0.15, -0.1) is 0 Å². The first-order valence-electron chi connectivity index (χ1n) is 6.72. The van der Waals surface area contributed by atoms with Crippen molar-refractivity contribution in [2.45, 2.75) is 31.8 Å². The van der Waals surface area contributed by atoms with Crippen molar-refractivity contribution in [3.63, 3.8) is 0 Å². The summed E-state index contributed by atoms with van der Waals surface area (Å²) >= 11 is 0. The summed E-state index contributed by atoms with van der Waals surface area (Å²) in [5, 5.41) is 9.01. The van der Waals surface area contributed by atoms with Crippen LogP contribution in [0.1, 0.15) is 19.8 Å². The minimum absolute atomic E-state index is 0.0526. The molecule has 0 spiro atoms. The van der Waals surface area contributed by atoms with Crippen molar-refractivity contribution in [3.05, 3.63) is 30.1 Å². The molecule has 0 amide bonds. The SMILES string of the molecule is CC1CCN(c2ccccc2F)C(CC#N)CN1C. The molecule has 1 aromatic rings. The van der Waals surface area contributed by atoms with Gasteiger partial charge in [0.2, 0.25) is 0 Å². The van der Waals surface area contributed by atoms with E-state index in [1.807, 2.05) is 6.07 Å². The van der Waals surface area contributed by atoms with Gasteiger partial charge in [-0.05, 0) is 32.5 Å². The van der Waals surface area contributed by atoms with Gasteiger partial charge in [0.1, 0.15) is 5.82 Å². The van der Waals surface area contributed by atoms with Crippen molar-refractivity contribution < 1.29 is 4.39 Å². The van der Waals surface area contributed by atoms with E-state index in [0.29, 0.717) is 18.2 Å². The molecule has 4 heteroatoms. The summed E-state index contributed by atoms with van der Waals surface area (Å²) in [5.41, 5.74) is 0.616. The Balaban J connectivity index is 2.30. The quantitative estimate of drug-likeness (QED) is 0.820. The standard InChI is InChI=1S/C15H20FN3/c1-12-8-10-19(13(7-9-17)11-18(12)2)15-6-4-3-5-14(15)16/h3-6,12-13H,7-8,10-11H2,1-2H3. The Bertz CT molecular complexity index is 469. The number of hydrogen-bond acceptors (Lipinski definition) is 3. The average Bonchev–Trinajstić information content (AvgIpc) is 2.52. The van der Waals surface area contributed by atoms with Crippen molar-refractivity contribution in [1.29, 1.82) is 5.26 Å². The van der Waals surface area contributed by atoms with Gasteiger partial charge in [-0.25, -0.2) is 4.39 Å². The molecule has 0 saturated carbocycles. The predicted octanol–water partition coefficient (Wildman–Crippen LogP) is 2.64. The molecule has 1 aliphatic rings. The summed E-state index contributed by atoms with van der Waals surface area (Å²) < 4.78 is 14.0. The third-order valence-electron chi connectivity index (χ3n) is 3.97. The van der Waals surface area contributed by atoms with Crippen LogP contribution >= 0.6 is 0 Å². The van der Waals surface area contributed by atoms with E-state index < -0.39 is 0 Å². The first-order chi connectivity index (χ1) is 9.13. The second-order valence-electron chi connectivity index (χ2n) is 5.24. The molecule has 1 fully saturated rings. The lowest BCUT2D eigenvalue weighted by atomic mass is 10.1. The smallest absolute Gasteiger partial charge is 0.146 e. The zero-order chi connectivity index (χ0) is 13.8. The maximum atomic E-state index is 14.0. The van der Waals surface area contributed by atoms with Crippen LogP contribution in [0.3, 0.4) is 0 Å². The second-order valence-corrected chi connectivity index (χ2v) is 5.24. The van der Waals surface area contributed by atoms with Crippen LogP contribution < -0.4 is 4.90 Å². The number of anilines is 1. The summed E-state index contributed by atoms with van der Waals surface area (Å²) in [4.78, 5) is 4.31. The fourth-order valence-corrected chi connectivity index (χ4v) is 2.62. The van der Waals surface area contributed by atoms with E-state index in [4.69, 9.17) is 5.26 Å². The van der Waals surface area contributed by atoms with Crippen LogP contribution in [0.5, 0.6) is 0 Å². The number of rotatable bonds is 2. The molecule has 0 aromatic heterocycles. The number of nitriles is 1. The van der Waals surface area contributed by atoms with Gasteiger partial charge in [-0.3, -0.25) is 0 Å². The van der Waals surface area contributed by atoms with Crippen molar-refractivity contribution in [2.24, 2.45) is 0 Å². The maximum absolute atomic E-state index is 14.0. The first-order valence-corrected chi connectivity index (χ1v) is 6.72. The van der Waals surface area contributed by atoms with Crippen LogP contribution in [0.15, 0.2) is 24.3 Å². The first kappa shape index (κ1) is 13.8. The van der Waals surface area contributed by atoms with E-state index in [9.17, 15) is 4.39 Å². The molecule has 19 heavy (non-hydrogen) atoms. The van der Waals surface area contributed by atoms with Crippen LogP contribution in [0.2, 0.25) is 0 Å². The maximum Gasteiger partial charge on any atom is 0.146 e. The van der Waals surface area contributed by atoms with Crippen LogP contribution in [-0.4, -0.2) is 37.1 Å². The van der Waals surface area contributed by atoms with Gasteiger partial charge in [-0.2, -0.15) is 5.26 Å². The lowest BCUT2D eigenvalue weighted by Crippen LogP contribution is -2.41. The number of nitrogens with zero attached hydrogens (tertiary/aromatic N) is 3. The molecule has 2 atom stereocenters. The van der Waals surface area contributed by atoms with Crippen molar-refractivity contribution in [1.82, 2.24) is 4.90 Å². The third-order valence-corrected chi connectivity index (χ3v) is 3.97. The van der Waals surface area contributed by atoms with Crippen LogP contribution in [0.25, 0.3) is 0 Å². The zero-order valence-corrected chi connectivity index (χ0v) is 11.5. The molecule has 102 valence electrons. The normalized spacial score (nSPS) is 24.8. The summed E-state index contributed by atoms with van der Waals surface area (Å²) in [6.07, 6.45) is 1.40. The molecular weight excluding hydrogens is 241 g/mol. The third kappa shape index (κ3) is 3.05. The van der Waals surface area contributed by atoms with E-state index in [1.165, 1.54) is 6.07 Å². The fourth-order valence-electron chi connectivity index (χ4n) is 2.62. The molecule has 2 unspecified atom stereocenters. The van der Waals surface area contributed by atoms with Gasteiger partial charge < -0.3 is 9.80 Å². The molecule has 1 aliphatic heterocycles. The number of hydrogen-bond donors (Lipinski definition) is 0. The molecule has 0 N–H and O–H groups in total. The zero-order valence-electron chi connectivity index (χ0n) is 11.5. The number of likely N-dealkylation sites (N-methyl/N-ethyl adjacent to an activating group) is 1. The van der Waals surface area contributed by atoms with Gasteiger partial charge in [0.25, 0.3) is 0 Å². The van der Waals surface area contributed by atoms with Gasteiger partial charge in [0.05, 0.1) is 24.2 Å². The average molecular weight is 261 g/mol. The highest BCUT2D eigenvalue weighted by Gasteiger charge is 2.27. The molecular formula is C15H20FN3. The molecule has 1 heterocycles. The molecule has 1 aromatic carbocycles. The van der Waals surface area contributed by atoms with Crippen LogP contribution in [0, 0.1) is 17.1 Å². The highest BCUT2D eigenvalue weighted by Crippen LogP contribution is 2.26. The van der Waals surface area contributed by atoms with Crippen molar-refractivity contribution in [3.8, 4) is 6.07 Å². The molecule has 3 nitrogen and oxygen atoms in total. The lowest BCUT2D eigenvalue weighted by molar-refractivity contribution is 0.255. The predicted molar refractivity (Wildman–Crippen MR) is 74.5 cm³/mol. The minimum Gasteiger partial charge on any atom is -0.364 e. The Morgan fingerprint density at radius 2 is 2.16 bits per heavy atom. The highest BCUT2D eigenvalue weighted by atomic mass is 19.1. The Labute approximate surface area is 114 Å². The highest BCUT2D eigenvalue weighted by molar-refractivity contribution is 5.49. The van der Waals surface area contributed by atoms with Gasteiger partial charge in [-0.1, -0.05) is 12.1 Å².